The molecule has 3 nitrogen and oxygen atoms in total. The second-order valence-corrected chi connectivity index (χ2v) is 4.18. The van der Waals surface area contributed by atoms with Gasteiger partial charge in [0.2, 0.25) is 0 Å². The van der Waals surface area contributed by atoms with E-state index in [4.69, 9.17) is 11.6 Å². The Kier molecular flexibility index (Phi) is 2.88. The summed E-state index contributed by atoms with van der Waals surface area (Å²) in [7, 11) is 3.78. The van der Waals surface area contributed by atoms with Crippen LogP contribution in [0.5, 0.6) is 0 Å². The van der Waals surface area contributed by atoms with E-state index in [0.717, 1.165) is 21.4 Å². The van der Waals surface area contributed by atoms with E-state index in [1.807, 2.05) is 35.9 Å². The SMILES string of the molecule is CN/N=c1/cc(C)c2cc(Cl)ccc2n1C. The molecule has 0 radical (unpaired) electrons. The Labute approximate surface area is 99.4 Å². The van der Waals surface area contributed by atoms with Crippen molar-refractivity contribution in [1.82, 2.24) is 9.99 Å². The number of pyridine rings is 1. The molecule has 1 heterocycles. The third-order valence-electron chi connectivity index (χ3n) is 2.66. The minimum Gasteiger partial charge on any atom is -0.327 e. The number of hydrogen-bond donors (Lipinski definition) is 1. The van der Waals surface area contributed by atoms with Crippen LogP contribution in [-0.2, 0) is 7.05 Å². The van der Waals surface area contributed by atoms with Crippen molar-refractivity contribution in [3.8, 4) is 0 Å². The number of nitrogens with zero attached hydrogens (tertiary/aromatic N) is 2. The molecule has 0 fully saturated rings. The molecular formula is C12H14ClN3. The van der Waals surface area contributed by atoms with Gasteiger partial charge in [0.25, 0.3) is 0 Å². The number of fused-ring (bicyclic) bond motifs is 1. The zero-order valence-corrected chi connectivity index (χ0v) is 10.3. The van der Waals surface area contributed by atoms with Crippen LogP contribution < -0.4 is 10.9 Å². The van der Waals surface area contributed by atoms with E-state index >= 15 is 0 Å². The number of aromatic nitrogens is 1. The minimum absolute atomic E-state index is 0.758. The Morgan fingerprint density at radius 3 is 2.75 bits per heavy atom. The predicted octanol–water partition coefficient (Wildman–Crippen LogP) is 2.18. The smallest absolute Gasteiger partial charge is 0.152 e. The van der Waals surface area contributed by atoms with Crippen LogP contribution in [-0.4, -0.2) is 11.6 Å². The van der Waals surface area contributed by atoms with E-state index in [2.05, 4.69) is 17.5 Å². The largest absolute Gasteiger partial charge is 0.327 e. The number of rotatable bonds is 1. The van der Waals surface area contributed by atoms with E-state index in [9.17, 15) is 0 Å². The third kappa shape index (κ3) is 1.78. The van der Waals surface area contributed by atoms with Crippen LogP contribution in [0.2, 0.25) is 5.02 Å². The summed E-state index contributed by atoms with van der Waals surface area (Å²) >= 11 is 6.00. The first-order valence-electron chi connectivity index (χ1n) is 5.10. The summed E-state index contributed by atoms with van der Waals surface area (Å²) in [6.45, 7) is 2.06. The predicted molar refractivity (Wildman–Crippen MR) is 67.3 cm³/mol. The maximum absolute atomic E-state index is 6.00. The fraction of sp³-hybridized carbons (Fsp3) is 0.250. The van der Waals surface area contributed by atoms with Crippen molar-refractivity contribution in [2.75, 3.05) is 7.05 Å². The van der Waals surface area contributed by atoms with E-state index < -0.39 is 0 Å². The standard InChI is InChI=1S/C12H14ClN3/c1-8-6-12(15-14-2)16(3)11-5-4-9(13)7-10(8)11/h4-7,14H,1-3H3/b15-12-. The molecule has 0 atom stereocenters. The van der Waals surface area contributed by atoms with Gasteiger partial charge in [-0.25, -0.2) is 0 Å². The zero-order valence-electron chi connectivity index (χ0n) is 9.58. The van der Waals surface area contributed by atoms with E-state index in [1.165, 1.54) is 5.56 Å². The summed E-state index contributed by atoms with van der Waals surface area (Å²) in [6, 6.07) is 7.93. The van der Waals surface area contributed by atoms with Crippen LogP contribution in [0.15, 0.2) is 29.4 Å². The molecule has 0 saturated heterocycles. The van der Waals surface area contributed by atoms with Gasteiger partial charge >= 0.3 is 0 Å². The van der Waals surface area contributed by atoms with Crippen molar-refractivity contribution < 1.29 is 0 Å². The average Bonchev–Trinajstić information content (AvgIpc) is 2.26. The molecule has 84 valence electrons. The molecule has 2 aromatic rings. The molecule has 0 aliphatic heterocycles. The maximum atomic E-state index is 6.00. The number of halogens is 1. The Balaban J connectivity index is 2.90. The zero-order chi connectivity index (χ0) is 11.7. The van der Waals surface area contributed by atoms with Gasteiger partial charge < -0.3 is 9.99 Å². The summed E-state index contributed by atoms with van der Waals surface area (Å²) in [5, 5.41) is 6.14. The third-order valence-corrected chi connectivity index (χ3v) is 2.90. The molecule has 0 amide bonds. The van der Waals surface area contributed by atoms with Crippen LogP contribution >= 0.6 is 11.6 Å². The van der Waals surface area contributed by atoms with Gasteiger partial charge in [-0.05, 0) is 36.8 Å². The Bertz CT molecular complexity index is 599. The van der Waals surface area contributed by atoms with E-state index in [0.29, 0.717) is 0 Å². The molecule has 4 heteroatoms. The van der Waals surface area contributed by atoms with Crippen LogP contribution in [0.3, 0.4) is 0 Å². The Morgan fingerprint density at radius 1 is 1.31 bits per heavy atom. The van der Waals surface area contributed by atoms with Gasteiger partial charge in [-0.3, -0.25) is 0 Å². The van der Waals surface area contributed by atoms with Gasteiger partial charge in [0.1, 0.15) is 0 Å². The molecular weight excluding hydrogens is 222 g/mol. The number of nitrogens with one attached hydrogen (secondary N) is 1. The van der Waals surface area contributed by atoms with Gasteiger partial charge in [-0.1, -0.05) is 11.6 Å². The van der Waals surface area contributed by atoms with Crippen molar-refractivity contribution in [3.05, 3.63) is 40.3 Å². The van der Waals surface area contributed by atoms with Gasteiger partial charge in [0, 0.05) is 30.0 Å². The van der Waals surface area contributed by atoms with Crippen LogP contribution in [0.1, 0.15) is 5.56 Å². The second-order valence-electron chi connectivity index (χ2n) is 3.74. The Morgan fingerprint density at radius 2 is 2.06 bits per heavy atom. The van der Waals surface area contributed by atoms with Gasteiger partial charge in [0.05, 0.1) is 0 Å². The lowest BCUT2D eigenvalue weighted by Crippen LogP contribution is -2.21. The average molecular weight is 236 g/mol. The monoisotopic (exact) mass is 235 g/mol. The van der Waals surface area contributed by atoms with Crippen molar-refractivity contribution in [3.63, 3.8) is 0 Å². The molecule has 2 rings (SSSR count). The molecule has 1 aromatic heterocycles. The summed E-state index contributed by atoms with van der Waals surface area (Å²) in [5.41, 5.74) is 6.00. The van der Waals surface area contributed by atoms with Crippen LogP contribution in [0, 0.1) is 6.92 Å². The van der Waals surface area contributed by atoms with Crippen molar-refractivity contribution in [2.24, 2.45) is 12.1 Å². The number of aryl methyl sites for hydroxylation is 2. The summed E-state index contributed by atoms with van der Waals surface area (Å²) in [6.07, 6.45) is 0. The lowest BCUT2D eigenvalue weighted by Gasteiger charge is -2.09. The molecule has 0 bridgehead atoms. The first kappa shape index (κ1) is 11.0. The number of hydrogen-bond acceptors (Lipinski definition) is 2. The fourth-order valence-corrected chi connectivity index (χ4v) is 2.00. The van der Waals surface area contributed by atoms with Crippen LogP contribution in [0.25, 0.3) is 10.9 Å². The summed E-state index contributed by atoms with van der Waals surface area (Å²) in [5.74, 6) is 0. The normalized spacial score (nSPS) is 12.1. The maximum Gasteiger partial charge on any atom is 0.152 e. The van der Waals surface area contributed by atoms with Crippen LogP contribution in [0.4, 0.5) is 0 Å². The molecule has 1 aromatic carbocycles. The van der Waals surface area contributed by atoms with Crippen molar-refractivity contribution in [2.45, 2.75) is 6.92 Å². The Hall–Kier alpha value is -1.48. The molecule has 16 heavy (non-hydrogen) atoms. The topological polar surface area (TPSA) is 29.3 Å². The quantitative estimate of drug-likeness (QED) is 0.755. The van der Waals surface area contributed by atoms with Gasteiger partial charge in [-0.15, -0.1) is 0 Å². The lowest BCUT2D eigenvalue weighted by atomic mass is 10.1. The second kappa shape index (κ2) is 4.18. The fourth-order valence-electron chi connectivity index (χ4n) is 1.83. The van der Waals surface area contributed by atoms with Gasteiger partial charge in [-0.2, -0.15) is 5.10 Å². The summed E-state index contributed by atoms with van der Waals surface area (Å²) < 4.78 is 2.04. The highest BCUT2D eigenvalue weighted by atomic mass is 35.5. The summed E-state index contributed by atoms with van der Waals surface area (Å²) in [4.78, 5) is 0. The van der Waals surface area contributed by atoms with Gasteiger partial charge in [0.15, 0.2) is 5.49 Å². The van der Waals surface area contributed by atoms with E-state index in [1.54, 1.807) is 7.05 Å². The molecule has 0 unspecified atom stereocenters. The van der Waals surface area contributed by atoms with Crippen molar-refractivity contribution in [1.29, 1.82) is 0 Å². The highest BCUT2D eigenvalue weighted by molar-refractivity contribution is 6.31. The first-order valence-corrected chi connectivity index (χ1v) is 5.47. The van der Waals surface area contributed by atoms with Crippen molar-refractivity contribution >= 4 is 22.5 Å². The highest BCUT2D eigenvalue weighted by Crippen LogP contribution is 2.20. The highest BCUT2D eigenvalue weighted by Gasteiger charge is 2.02. The minimum atomic E-state index is 0.758. The molecule has 0 aliphatic rings. The molecule has 0 aliphatic carbocycles. The molecule has 1 N–H and O–H groups in total. The van der Waals surface area contributed by atoms with E-state index in [-0.39, 0.29) is 0 Å². The molecule has 0 spiro atoms. The first-order chi connectivity index (χ1) is 7.63. The lowest BCUT2D eigenvalue weighted by molar-refractivity contribution is 0.774. The number of benzene rings is 1. The molecule has 0 saturated carbocycles.